The van der Waals surface area contributed by atoms with Crippen LogP contribution in [0.2, 0.25) is 0 Å². The lowest BCUT2D eigenvalue weighted by molar-refractivity contribution is -0.117. The largest absolute Gasteiger partial charge is 0.361 e. The Morgan fingerprint density at radius 1 is 1.32 bits per heavy atom. The van der Waals surface area contributed by atoms with E-state index in [9.17, 15) is 9.00 Å². The van der Waals surface area contributed by atoms with E-state index in [2.05, 4.69) is 5.16 Å². The van der Waals surface area contributed by atoms with Crippen molar-refractivity contribution in [1.29, 1.82) is 0 Å². The molecule has 0 unspecified atom stereocenters. The normalized spacial score (nSPS) is 13.6. The Balaban J connectivity index is 2.09. The predicted molar refractivity (Wildman–Crippen MR) is 87.1 cm³/mol. The maximum Gasteiger partial charge on any atom is 0.242 e. The first-order valence-corrected chi connectivity index (χ1v) is 8.41. The third kappa shape index (κ3) is 3.44. The van der Waals surface area contributed by atoms with Crippen molar-refractivity contribution < 1.29 is 13.5 Å². The van der Waals surface area contributed by atoms with Gasteiger partial charge in [0.1, 0.15) is 11.0 Å². The van der Waals surface area contributed by atoms with Crippen molar-refractivity contribution >= 4 is 22.4 Å². The zero-order valence-corrected chi connectivity index (χ0v) is 14.0. The smallest absolute Gasteiger partial charge is 0.242 e. The standard InChI is InChI=1S/C16H20N2O3S/c1-11-15(12(2)21-17-11)10-22(20)13(3)16(19)18(4)14-8-6-5-7-9-14/h5-9,13H,10H2,1-4H3/t13-,22+/m0/s1. The number of aryl methyl sites for hydroxylation is 2. The molecule has 22 heavy (non-hydrogen) atoms. The lowest BCUT2D eigenvalue weighted by Crippen LogP contribution is -2.37. The molecule has 0 spiro atoms. The molecule has 0 fully saturated rings. The van der Waals surface area contributed by atoms with Crippen LogP contribution in [0.5, 0.6) is 0 Å². The van der Waals surface area contributed by atoms with Gasteiger partial charge in [-0.25, -0.2) is 0 Å². The van der Waals surface area contributed by atoms with E-state index in [1.165, 1.54) is 4.90 Å². The SMILES string of the molecule is Cc1noc(C)c1C[S@@](=O)[C@@H](C)C(=O)N(C)c1ccccc1. The van der Waals surface area contributed by atoms with Crippen molar-refractivity contribution in [3.63, 3.8) is 0 Å². The number of carbonyl (C=O) groups is 1. The summed E-state index contributed by atoms with van der Waals surface area (Å²) in [4.78, 5) is 14.0. The number of nitrogens with zero attached hydrogens (tertiary/aromatic N) is 2. The number of benzene rings is 1. The fourth-order valence-corrected chi connectivity index (χ4v) is 3.47. The second kappa shape index (κ2) is 6.87. The monoisotopic (exact) mass is 320 g/mol. The van der Waals surface area contributed by atoms with E-state index in [0.717, 1.165) is 16.9 Å². The summed E-state index contributed by atoms with van der Waals surface area (Å²) in [6.07, 6.45) is 0. The van der Waals surface area contributed by atoms with Crippen molar-refractivity contribution in [3.05, 3.63) is 47.3 Å². The van der Waals surface area contributed by atoms with Gasteiger partial charge in [0, 0.05) is 29.1 Å². The van der Waals surface area contributed by atoms with Crippen molar-refractivity contribution in [1.82, 2.24) is 5.16 Å². The first-order valence-electron chi connectivity index (χ1n) is 7.03. The van der Waals surface area contributed by atoms with E-state index in [0.29, 0.717) is 5.76 Å². The minimum absolute atomic E-state index is 0.170. The Hall–Kier alpha value is -1.95. The van der Waals surface area contributed by atoms with Gasteiger partial charge in [0.05, 0.1) is 11.4 Å². The molecule has 0 saturated heterocycles. The highest BCUT2D eigenvalue weighted by molar-refractivity contribution is 7.85. The van der Waals surface area contributed by atoms with Gasteiger partial charge in [0.2, 0.25) is 5.91 Å². The van der Waals surface area contributed by atoms with Crippen LogP contribution in [-0.2, 0) is 21.3 Å². The van der Waals surface area contributed by atoms with Gasteiger partial charge in [0.25, 0.3) is 0 Å². The lowest BCUT2D eigenvalue weighted by Gasteiger charge is -2.21. The molecule has 118 valence electrons. The van der Waals surface area contributed by atoms with Gasteiger partial charge in [-0.3, -0.25) is 9.00 Å². The molecule has 0 aliphatic carbocycles. The molecule has 1 heterocycles. The van der Waals surface area contributed by atoms with E-state index in [1.807, 2.05) is 37.3 Å². The third-order valence-electron chi connectivity index (χ3n) is 3.68. The molecule has 0 bridgehead atoms. The van der Waals surface area contributed by atoms with Crippen LogP contribution in [0.4, 0.5) is 5.69 Å². The quantitative estimate of drug-likeness (QED) is 0.849. The van der Waals surface area contributed by atoms with Gasteiger partial charge in [-0.15, -0.1) is 0 Å². The van der Waals surface area contributed by atoms with Gasteiger partial charge in [-0.05, 0) is 32.9 Å². The van der Waals surface area contributed by atoms with Gasteiger partial charge < -0.3 is 9.42 Å². The average Bonchev–Trinajstić information content (AvgIpc) is 2.85. The molecular formula is C16H20N2O3S. The number of carbonyl (C=O) groups excluding carboxylic acids is 1. The second-order valence-electron chi connectivity index (χ2n) is 5.20. The van der Waals surface area contributed by atoms with Crippen LogP contribution in [0.25, 0.3) is 0 Å². The zero-order chi connectivity index (χ0) is 16.3. The lowest BCUT2D eigenvalue weighted by atomic mass is 10.2. The van der Waals surface area contributed by atoms with Crippen molar-refractivity contribution in [2.75, 3.05) is 11.9 Å². The van der Waals surface area contributed by atoms with Crippen LogP contribution >= 0.6 is 0 Å². The summed E-state index contributed by atoms with van der Waals surface area (Å²) < 4.78 is 17.6. The molecule has 0 N–H and O–H groups in total. The van der Waals surface area contributed by atoms with Crippen LogP contribution in [0.15, 0.2) is 34.9 Å². The van der Waals surface area contributed by atoms with E-state index >= 15 is 0 Å². The third-order valence-corrected chi connectivity index (χ3v) is 5.25. The van der Waals surface area contributed by atoms with Gasteiger partial charge >= 0.3 is 0 Å². The fraction of sp³-hybridized carbons (Fsp3) is 0.375. The molecule has 1 amide bonds. The number of para-hydroxylation sites is 1. The average molecular weight is 320 g/mol. The molecule has 0 radical (unpaired) electrons. The summed E-state index contributed by atoms with van der Waals surface area (Å²) in [5.41, 5.74) is 2.33. The van der Waals surface area contributed by atoms with Crippen molar-refractivity contribution in [2.45, 2.75) is 31.8 Å². The summed E-state index contributed by atoms with van der Waals surface area (Å²) in [7, 11) is 0.365. The molecular weight excluding hydrogens is 300 g/mol. The molecule has 0 aliphatic rings. The molecule has 6 heteroatoms. The van der Waals surface area contributed by atoms with Crippen LogP contribution in [0, 0.1) is 13.8 Å². The minimum atomic E-state index is -1.33. The highest BCUT2D eigenvalue weighted by atomic mass is 32.2. The molecule has 1 aromatic carbocycles. The van der Waals surface area contributed by atoms with Gasteiger partial charge in [-0.2, -0.15) is 0 Å². The van der Waals surface area contributed by atoms with Crippen LogP contribution in [-0.4, -0.2) is 27.6 Å². The number of hydrogen-bond donors (Lipinski definition) is 0. The summed E-state index contributed by atoms with van der Waals surface area (Å²) in [6, 6.07) is 9.32. The maximum absolute atomic E-state index is 12.5. The number of anilines is 1. The topological polar surface area (TPSA) is 63.4 Å². The summed E-state index contributed by atoms with van der Waals surface area (Å²) >= 11 is 0. The Morgan fingerprint density at radius 2 is 1.95 bits per heavy atom. The Labute approximate surface area is 132 Å². The van der Waals surface area contributed by atoms with E-state index in [-0.39, 0.29) is 11.7 Å². The van der Waals surface area contributed by atoms with E-state index in [1.54, 1.807) is 20.9 Å². The molecule has 2 aromatic rings. The highest BCUT2D eigenvalue weighted by Gasteiger charge is 2.25. The maximum atomic E-state index is 12.5. The molecule has 2 rings (SSSR count). The summed E-state index contributed by atoms with van der Waals surface area (Å²) in [5, 5.41) is 3.25. The van der Waals surface area contributed by atoms with E-state index in [4.69, 9.17) is 4.52 Å². The van der Waals surface area contributed by atoms with E-state index < -0.39 is 16.0 Å². The number of hydrogen-bond acceptors (Lipinski definition) is 4. The van der Waals surface area contributed by atoms with Crippen molar-refractivity contribution in [2.24, 2.45) is 0 Å². The fourth-order valence-electron chi connectivity index (χ4n) is 2.14. The molecule has 0 saturated carbocycles. The van der Waals surface area contributed by atoms with Crippen molar-refractivity contribution in [3.8, 4) is 0 Å². The summed E-state index contributed by atoms with van der Waals surface area (Å²) in [6.45, 7) is 5.29. The number of rotatable bonds is 5. The molecule has 2 atom stereocenters. The highest BCUT2D eigenvalue weighted by Crippen LogP contribution is 2.18. The zero-order valence-electron chi connectivity index (χ0n) is 13.2. The Kier molecular flexibility index (Phi) is 5.13. The summed E-state index contributed by atoms with van der Waals surface area (Å²) in [5.74, 6) is 0.759. The number of amides is 1. The Morgan fingerprint density at radius 3 is 2.50 bits per heavy atom. The van der Waals surface area contributed by atoms with Gasteiger partial charge in [-0.1, -0.05) is 23.4 Å². The number of aromatic nitrogens is 1. The Bertz CT molecular complexity index is 662. The van der Waals surface area contributed by atoms with Crippen LogP contribution in [0.3, 0.4) is 0 Å². The first kappa shape index (κ1) is 16.4. The molecule has 5 nitrogen and oxygen atoms in total. The second-order valence-corrected chi connectivity index (χ2v) is 6.96. The predicted octanol–water partition coefficient (Wildman–Crippen LogP) is 2.59. The van der Waals surface area contributed by atoms with Crippen LogP contribution < -0.4 is 4.90 Å². The molecule has 1 aromatic heterocycles. The molecule has 0 aliphatic heterocycles. The first-order chi connectivity index (χ1) is 10.4. The van der Waals surface area contributed by atoms with Crippen LogP contribution in [0.1, 0.15) is 23.9 Å². The van der Waals surface area contributed by atoms with Gasteiger partial charge in [0.15, 0.2) is 0 Å². The minimum Gasteiger partial charge on any atom is -0.361 e.